The lowest BCUT2D eigenvalue weighted by molar-refractivity contribution is -0.116. The predicted octanol–water partition coefficient (Wildman–Crippen LogP) is 6.05. The summed E-state index contributed by atoms with van der Waals surface area (Å²) in [5, 5.41) is 3.01. The first-order valence-corrected chi connectivity index (χ1v) is 11.8. The van der Waals surface area contributed by atoms with E-state index in [9.17, 15) is 14.4 Å². The SMILES string of the molecule is Cc1ccc(NC(=O)CCCCCCCCCCN2C(=O)c3ccccc3C2=O)c(C)c1. The van der Waals surface area contributed by atoms with Crippen LogP contribution in [0.3, 0.4) is 0 Å². The number of aryl methyl sites for hydroxylation is 2. The molecule has 0 radical (unpaired) electrons. The smallest absolute Gasteiger partial charge is 0.261 e. The van der Waals surface area contributed by atoms with Crippen LogP contribution in [0.4, 0.5) is 5.69 Å². The van der Waals surface area contributed by atoms with Crippen molar-refractivity contribution in [3.63, 3.8) is 0 Å². The molecule has 1 aliphatic heterocycles. The zero-order valence-electron chi connectivity index (χ0n) is 19.3. The predicted molar refractivity (Wildman–Crippen MR) is 128 cm³/mol. The summed E-state index contributed by atoms with van der Waals surface area (Å²) < 4.78 is 0. The van der Waals surface area contributed by atoms with Crippen molar-refractivity contribution in [3.8, 4) is 0 Å². The molecule has 32 heavy (non-hydrogen) atoms. The number of hydrogen-bond acceptors (Lipinski definition) is 3. The number of carbonyl (C=O) groups excluding carboxylic acids is 3. The van der Waals surface area contributed by atoms with E-state index in [1.807, 2.05) is 26.0 Å². The van der Waals surface area contributed by atoms with Gasteiger partial charge < -0.3 is 5.32 Å². The number of nitrogens with one attached hydrogen (secondary N) is 1. The Hall–Kier alpha value is -2.95. The molecule has 1 heterocycles. The van der Waals surface area contributed by atoms with Crippen molar-refractivity contribution in [1.82, 2.24) is 4.90 Å². The van der Waals surface area contributed by atoms with E-state index in [0.717, 1.165) is 62.6 Å². The third-order valence-corrected chi connectivity index (χ3v) is 6.07. The second-order valence-corrected chi connectivity index (χ2v) is 8.75. The molecule has 1 N–H and O–H groups in total. The lowest BCUT2D eigenvalue weighted by Crippen LogP contribution is -2.30. The van der Waals surface area contributed by atoms with E-state index in [2.05, 4.69) is 11.4 Å². The second-order valence-electron chi connectivity index (χ2n) is 8.75. The van der Waals surface area contributed by atoms with Crippen molar-refractivity contribution in [2.24, 2.45) is 0 Å². The molecule has 0 bridgehead atoms. The largest absolute Gasteiger partial charge is 0.326 e. The van der Waals surface area contributed by atoms with Gasteiger partial charge in [-0.1, -0.05) is 68.4 Å². The normalized spacial score (nSPS) is 12.9. The maximum atomic E-state index is 12.3. The van der Waals surface area contributed by atoms with Crippen LogP contribution in [0, 0.1) is 13.8 Å². The molecule has 0 aromatic heterocycles. The van der Waals surface area contributed by atoms with E-state index < -0.39 is 0 Å². The molecule has 5 heteroatoms. The van der Waals surface area contributed by atoms with Crippen LogP contribution in [0.2, 0.25) is 0 Å². The molecule has 2 aromatic rings. The van der Waals surface area contributed by atoms with Crippen LogP contribution in [0.25, 0.3) is 0 Å². The highest BCUT2D eigenvalue weighted by Gasteiger charge is 2.34. The monoisotopic (exact) mass is 434 g/mol. The van der Waals surface area contributed by atoms with Gasteiger partial charge in [-0.25, -0.2) is 0 Å². The van der Waals surface area contributed by atoms with Crippen LogP contribution in [0.5, 0.6) is 0 Å². The van der Waals surface area contributed by atoms with Gasteiger partial charge in [0.1, 0.15) is 0 Å². The maximum Gasteiger partial charge on any atom is 0.261 e. The first-order chi connectivity index (χ1) is 15.5. The first kappa shape index (κ1) is 23.7. The van der Waals surface area contributed by atoms with Gasteiger partial charge in [0, 0.05) is 18.7 Å². The Morgan fingerprint density at radius 1 is 0.781 bits per heavy atom. The molecule has 0 spiro atoms. The van der Waals surface area contributed by atoms with Crippen molar-refractivity contribution >= 4 is 23.4 Å². The van der Waals surface area contributed by atoms with Crippen LogP contribution in [0.15, 0.2) is 42.5 Å². The van der Waals surface area contributed by atoms with Crippen LogP contribution in [0.1, 0.15) is 89.6 Å². The summed E-state index contributed by atoms with van der Waals surface area (Å²) in [5.74, 6) is -0.232. The van der Waals surface area contributed by atoms with Gasteiger partial charge in [-0.15, -0.1) is 0 Å². The number of benzene rings is 2. The second kappa shape index (κ2) is 11.6. The number of carbonyl (C=O) groups is 3. The Bertz CT molecular complexity index is 932. The minimum Gasteiger partial charge on any atom is -0.326 e. The number of amides is 3. The quantitative estimate of drug-likeness (QED) is 0.327. The van der Waals surface area contributed by atoms with Gasteiger partial charge in [0.25, 0.3) is 11.8 Å². The molecule has 2 aromatic carbocycles. The molecule has 1 aliphatic rings. The van der Waals surface area contributed by atoms with E-state index in [-0.39, 0.29) is 17.7 Å². The number of imide groups is 1. The van der Waals surface area contributed by atoms with Gasteiger partial charge in [0.05, 0.1) is 11.1 Å². The highest BCUT2D eigenvalue weighted by molar-refractivity contribution is 6.21. The van der Waals surface area contributed by atoms with Crippen LogP contribution < -0.4 is 5.32 Å². The zero-order valence-corrected chi connectivity index (χ0v) is 19.3. The summed E-state index contributed by atoms with van der Waals surface area (Å²) in [6, 6.07) is 13.1. The molecule has 0 fully saturated rings. The maximum absolute atomic E-state index is 12.3. The molecule has 3 rings (SSSR count). The van der Waals surface area contributed by atoms with Crippen LogP contribution in [-0.2, 0) is 4.79 Å². The number of rotatable bonds is 12. The van der Waals surface area contributed by atoms with E-state index >= 15 is 0 Å². The summed E-state index contributed by atoms with van der Waals surface area (Å²) in [5.41, 5.74) is 4.26. The number of unbranched alkanes of at least 4 members (excludes halogenated alkanes) is 7. The van der Waals surface area contributed by atoms with Crippen molar-refractivity contribution < 1.29 is 14.4 Å². The van der Waals surface area contributed by atoms with E-state index in [0.29, 0.717) is 24.1 Å². The summed E-state index contributed by atoms with van der Waals surface area (Å²) >= 11 is 0. The molecular weight excluding hydrogens is 400 g/mol. The molecule has 3 amide bonds. The van der Waals surface area contributed by atoms with E-state index in [4.69, 9.17) is 0 Å². The molecule has 0 saturated heterocycles. The molecule has 0 aliphatic carbocycles. The van der Waals surface area contributed by atoms with Crippen molar-refractivity contribution in [3.05, 3.63) is 64.7 Å². The van der Waals surface area contributed by atoms with Crippen molar-refractivity contribution in [1.29, 1.82) is 0 Å². The third-order valence-electron chi connectivity index (χ3n) is 6.07. The third kappa shape index (κ3) is 6.28. The number of fused-ring (bicyclic) bond motifs is 1. The number of anilines is 1. The van der Waals surface area contributed by atoms with Gasteiger partial charge in [0.2, 0.25) is 5.91 Å². The fourth-order valence-electron chi connectivity index (χ4n) is 4.22. The van der Waals surface area contributed by atoms with Crippen molar-refractivity contribution in [2.75, 3.05) is 11.9 Å². The summed E-state index contributed by atoms with van der Waals surface area (Å²) in [6.45, 7) is 4.57. The summed E-state index contributed by atoms with van der Waals surface area (Å²) in [6.07, 6.45) is 8.96. The number of nitrogens with zero attached hydrogens (tertiary/aromatic N) is 1. The molecular formula is C27H34N2O3. The molecule has 0 saturated carbocycles. The zero-order chi connectivity index (χ0) is 22.9. The van der Waals surface area contributed by atoms with Gasteiger partial charge in [-0.2, -0.15) is 0 Å². The summed E-state index contributed by atoms with van der Waals surface area (Å²) in [7, 11) is 0. The van der Waals surface area contributed by atoms with Crippen molar-refractivity contribution in [2.45, 2.75) is 71.6 Å². The lowest BCUT2D eigenvalue weighted by atomic mass is 10.1. The standard InChI is InChI=1S/C27H34N2O3/c1-20-16-17-24(21(2)19-20)28-25(30)15-9-7-5-3-4-6-8-12-18-29-26(31)22-13-10-11-14-23(22)27(29)32/h10-11,13-14,16-17,19H,3-9,12,15,18H2,1-2H3,(H,28,30). The Morgan fingerprint density at radius 3 is 1.94 bits per heavy atom. The van der Waals surface area contributed by atoms with Crippen LogP contribution in [-0.4, -0.2) is 29.2 Å². The molecule has 0 unspecified atom stereocenters. The first-order valence-electron chi connectivity index (χ1n) is 11.8. The van der Waals surface area contributed by atoms with E-state index in [1.54, 1.807) is 24.3 Å². The molecule has 5 nitrogen and oxygen atoms in total. The highest BCUT2D eigenvalue weighted by Crippen LogP contribution is 2.23. The van der Waals surface area contributed by atoms with Crippen LogP contribution >= 0.6 is 0 Å². The highest BCUT2D eigenvalue weighted by atomic mass is 16.2. The topological polar surface area (TPSA) is 66.5 Å². The fraction of sp³-hybridized carbons (Fsp3) is 0.444. The Balaban J connectivity index is 1.20. The fourth-order valence-corrected chi connectivity index (χ4v) is 4.22. The lowest BCUT2D eigenvalue weighted by Gasteiger charge is -2.13. The average molecular weight is 435 g/mol. The number of hydrogen-bond donors (Lipinski definition) is 1. The van der Waals surface area contributed by atoms with Gasteiger partial charge >= 0.3 is 0 Å². The van der Waals surface area contributed by atoms with Gasteiger partial charge in [-0.05, 0) is 50.5 Å². The average Bonchev–Trinajstić information content (AvgIpc) is 3.02. The summed E-state index contributed by atoms with van der Waals surface area (Å²) in [4.78, 5) is 38.2. The van der Waals surface area contributed by atoms with Gasteiger partial charge in [-0.3, -0.25) is 19.3 Å². The molecule has 0 atom stereocenters. The Kier molecular flexibility index (Phi) is 8.60. The van der Waals surface area contributed by atoms with E-state index in [1.165, 1.54) is 10.5 Å². The minimum atomic E-state index is -0.160. The van der Waals surface area contributed by atoms with Gasteiger partial charge in [0.15, 0.2) is 0 Å². The minimum absolute atomic E-state index is 0.0881. The Morgan fingerprint density at radius 2 is 1.34 bits per heavy atom. The Labute approximate surface area is 191 Å². The molecule has 170 valence electrons.